The first-order valence-electron chi connectivity index (χ1n) is 3.36. The third-order valence-electron chi connectivity index (χ3n) is 1.10. The average Bonchev–Trinajstić information content (AvgIpc) is 2.37. The van der Waals surface area contributed by atoms with Gasteiger partial charge in [0.05, 0.1) is 0 Å². The largest absolute Gasteiger partial charge is 0.367 e. The van der Waals surface area contributed by atoms with Crippen molar-refractivity contribution in [3.8, 4) is 0 Å². The Morgan fingerprint density at radius 2 is 2.36 bits per heavy atom. The van der Waals surface area contributed by atoms with Crippen molar-refractivity contribution in [1.82, 2.24) is 9.36 Å². The van der Waals surface area contributed by atoms with E-state index in [1.54, 1.807) is 0 Å². The van der Waals surface area contributed by atoms with Crippen LogP contribution in [0, 0.1) is 0 Å². The lowest BCUT2D eigenvalue weighted by Gasteiger charge is -1.97. The van der Waals surface area contributed by atoms with Crippen molar-refractivity contribution < 1.29 is 0 Å². The summed E-state index contributed by atoms with van der Waals surface area (Å²) >= 11 is 1.26. The maximum absolute atomic E-state index is 5.31. The highest BCUT2D eigenvalue weighted by Crippen LogP contribution is 2.10. The van der Waals surface area contributed by atoms with Crippen molar-refractivity contribution >= 4 is 22.6 Å². The summed E-state index contributed by atoms with van der Waals surface area (Å²) in [5.41, 5.74) is 10.6. The minimum atomic E-state index is 0.324. The summed E-state index contributed by atoms with van der Waals surface area (Å²) in [4.78, 5) is 3.92. The molecule has 0 saturated carbocycles. The quantitative estimate of drug-likeness (QED) is 0.552. The van der Waals surface area contributed by atoms with Crippen LogP contribution < -0.4 is 16.8 Å². The normalized spacial score (nSPS) is 9.91. The lowest BCUT2D eigenvalue weighted by atomic mass is 10.4. The van der Waals surface area contributed by atoms with Gasteiger partial charge >= 0.3 is 0 Å². The number of anilines is 2. The lowest BCUT2D eigenvalue weighted by Crippen LogP contribution is -2.08. The number of hydrogen-bond acceptors (Lipinski definition) is 6. The number of rotatable bonds is 4. The van der Waals surface area contributed by atoms with E-state index in [0.29, 0.717) is 12.5 Å². The van der Waals surface area contributed by atoms with E-state index in [-0.39, 0.29) is 0 Å². The van der Waals surface area contributed by atoms with Crippen LogP contribution in [0.1, 0.15) is 6.42 Å². The van der Waals surface area contributed by atoms with Crippen LogP contribution in [0.3, 0.4) is 0 Å². The van der Waals surface area contributed by atoms with Crippen molar-refractivity contribution in [1.29, 1.82) is 0 Å². The van der Waals surface area contributed by atoms with Gasteiger partial charge in [0.1, 0.15) is 0 Å². The second-order valence-corrected chi connectivity index (χ2v) is 2.78. The Morgan fingerprint density at radius 1 is 1.55 bits per heavy atom. The second kappa shape index (κ2) is 4.09. The van der Waals surface area contributed by atoms with E-state index >= 15 is 0 Å². The summed E-state index contributed by atoms with van der Waals surface area (Å²) < 4.78 is 3.81. The fraction of sp³-hybridized carbons (Fsp3) is 0.600. The molecule has 0 unspecified atom stereocenters. The van der Waals surface area contributed by atoms with E-state index in [1.165, 1.54) is 11.5 Å². The van der Waals surface area contributed by atoms with Gasteiger partial charge in [0.25, 0.3) is 0 Å². The minimum Gasteiger partial charge on any atom is -0.367 e. The lowest BCUT2D eigenvalue weighted by molar-refractivity contribution is 0.873. The van der Waals surface area contributed by atoms with Gasteiger partial charge in [0.2, 0.25) is 11.1 Å². The Morgan fingerprint density at radius 3 is 2.91 bits per heavy atom. The number of nitrogens with one attached hydrogen (secondary N) is 1. The number of nitrogens with zero attached hydrogens (tertiary/aromatic N) is 2. The van der Waals surface area contributed by atoms with Crippen molar-refractivity contribution in [2.24, 2.45) is 5.73 Å². The summed E-state index contributed by atoms with van der Waals surface area (Å²) in [6, 6.07) is 0. The van der Waals surface area contributed by atoms with Gasteiger partial charge in [0.15, 0.2) is 0 Å². The molecule has 0 bridgehead atoms. The smallest absolute Gasteiger partial charge is 0.233 e. The molecular formula is C5H11N5S. The van der Waals surface area contributed by atoms with Crippen molar-refractivity contribution in [2.75, 3.05) is 24.1 Å². The van der Waals surface area contributed by atoms with Crippen molar-refractivity contribution in [3.63, 3.8) is 0 Å². The molecule has 0 amide bonds. The van der Waals surface area contributed by atoms with Gasteiger partial charge in [-0.1, -0.05) is 0 Å². The molecule has 0 atom stereocenters. The van der Waals surface area contributed by atoms with E-state index in [4.69, 9.17) is 11.5 Å². The fourth-order valence-electron chi connectivity index (χ4n) is 0.604. The van der Waals surface area contributed by atoms with Gasteiger partial charge in [0, 0.05) is 18.1 Å². The third kappa shape index (κ3) is 2.69. The standard InChI is InChI=1S/C5H11N5S/c6-2-1-3-8-5-9-4(7)10-11-5/h1-3,6H2,(H3,7,8,9,10). The number of aromatic nitrogens is 2. The maximum atomic E-state index is 5.31. The molecule has 0 aliphatic carbocycles. The molecule has 0 aliphatic heterocycles. The van der Waals surface area contributed by atoms with Crippen LogP contribution in [-0.4, -0.2) is 22.4 Å². The SMILES string of the molecule is NCCCNc1nc(N)ns1. The highest BCUT2D eigenvalue weighted by molar-refractivity contribution is 7.09. The van der Waals surface area contributed by atoms with E-state index in [2.05, 4.69) is 14.7 Å². The summed E-state index contributed by atoms with van der Waals surface area (Å²) in [5.74, 6) is 0.324. The first kappa shape index (κ1) is 8.22. The zero-order valence-electron chi connectivity index (χ0n) is 6.08. The molecular weight excluding hydrogens is 162 g/mol. The maximum Gasteiger partial charge on any atom is 0.233 e. The zero-order valence-corrected chi connectivity index (χ0v) is 6.90. The number of hydrogen-bond donors (Lipinski definition) is 3. The molecule has 0 aliphatic rings. The van der Waals surface area contributed by atoms with Gasteiger partial charge < -0.3 is 16.8 Å². The zero-order chi connectivity index (χ0) is 8.10. The van der Waals surface area contributed by atoms with Crippen LogP contribution >= 0.6 is 11.5 Å². The molecule has 11 heavy (non-hydrogen) atoms. The molecule has 5 N–H and O–H groups in total. The molecule has 1 rings (SSSR count). The Kier molecular flexibility index (Phi) is 3.06. The van der Waals surface area contributed by atoms with E-state index < -0.39 is 0 Å². The average molecular weight is 173 g/mol. The third-order valence-corrected chi connectivity index (χ3v) is 1.79. The molecule has 0 aromatic carbocycles. The first-order valence-corrected chi connectivity index (χ1v) is 4.13. The van der Waals surface area contributed by atoms with E-state index in [0.717, 1.165) is 18.1 Å². The summed E-state index contributed by atoms with van der Waals surface area (Å²) in [6.45, 7) is 1.51. The van der Waals surface area contributed by atoms with Crippen LogP contribution in [0.5, 0.6) is 0 Å². The van der Waals surface area contributed by atoms with E-state index in [1.807, 2.05) is 0 Å². The van der Waals surface area contributed by atoms with Crippen molar-refractivity contribution in [2.45, 2.75) is 6.42 Å². The highest BCUT2D eigenvalue weighted by Gasteiger charge is 1.97. The molecule has 1 heterocycles. The van der Waals surface area contributed by atoms with E-state index in [9.17, 15) is 0 Å². The molecule has 5 nitrogen and oxygen atoms in total. The molecule has 1 aromatic rings. The van der Waals surface area contributed by atoms with Crippen LogP contribution in [-0.2, 0) is 0 Å². The van der Waals surface area contributed by atoms with Gasteiger partial charge in [-0.2, -0.15) is 9.36 Å². The van der Waals surface area contributed by atoms with Crippen molar-refractivity contribution in [3.05, 3.63) is 0 Å². The van der Waals surface area contributed by atoms with Gasteiger partial charge in [-0.3, -0.25) is 0 Å². The molecule has 0 radical (unpaired) electrons. The van der Waals surface area contributed by atoms with Gasteiger partial charge in [-0.25, -0.2) is 0 Å². The molecule has 0 saturated heterocycles. The summed E-state index contributed by atoms with van der Waals surface area (Å²) in [7, 11) is 0. The predicted molar refractivity (Wildman–Crippen MR) is 46.5 cm³/mol. The van der Waals surface area contributed by atoms with Crippen LogP contribution in [0.15, 0.2) is 0 Å². The number of nitrogen functional groups attached to an aromatic ring is 1. The second-order valence-electron chi connectivity index (χ2n) is 2.03. The Balaban J connectivity index is 2.27. The number of nitrogens with two attached hydrogens (primary N) is 2. The highest BCUT2D eigenvalue weighted by atomic mass is 32.1. The van der Waals surface area contributed by atoms with Crippen LogP contribution in [0.2, 0.25) is 0 Å². The molecule has 6 heteroatoms. The first-order chi connectivity index (χ1) is 5.33. The Bertz CT molecular complexity index is 210. The minimum absolute atomic E-state index is 0.324. The van der Waals surface area contributed by atoms with Crippen LogP contribution in [0.25, 0.3) is 0 Å². The summed E-state index contributed by atoms with van der Waals surface area (Å²) in [6.07, 6.45) is 0.930. The fourth-order valence-corrected chi connectivity index (χ4v) is 1.13. The predicted octanol–water partition coefficient (Wildman–Crippen LogP) is -0.119. The molecule has 62 valence electrons. The van der Waals surface area contributed by atoms with Gasteiger partial charge in [-0.05, 0) is 13.0 Å². The molecule has 1 aromatic heterocycles. The Labute approximate surface area is 69.0 Å². The topological polar surface area (TPSA) is 89.8 Å². The Hall–Kier alpha value is -0.880. The van der Waals surface area contributed by atoms with Crippen LogP contribution in [0.4, 0.5) is 11.1 Å². The monoisotopic (exact) mass is 173 g/mol. The molecule has 0 spiro atoms. The van der Waals surface area contributed by atoms with Gasteiger partial charge in [-0.15, -0.1) is 0 Å². The summed E-state index contributed by atoms with van der Waals surface area (Å²) in [5, 5.41) is 3.81. The molecule has 0 fully saturated rings.